The number of hydrogen-bond acceptors (Lipinski definition) is 3. The van der Waals surface area contributed by atoms with Crippen molar-refractivity contribution >= 4 is 10.9 Å². The van der Waals surface area contributed by atoms with Gasteiger partial charge >= 0.3 is 0 Å². The Morgan fingerprint density at radius 3 is 2.62 bits per heavy atom. The van der Waals surface area contributed by atoms with E-state index in [0.717, 1.165) is 60.3 Å². The van der Waals surface area contributed by atoms with Crippen molar-refractivity contribution in [3.63, 3.8) is 0 Å². The lowest BCUT2D eigenvalue weighted by Crippen LogP contribution is -2.67. The van der Waals surface area contributed by atoms with E-state index >= 15 is 0 Å². The van der Waals surface area contributed by atoms with Crippen LogP contribution in [-0.4, -0.2) is 42.3 Å². The number of ether oxygens (including phenoxy) is 2. The summed E-state index contributed by atoms with van der Waals surface area (Å²) in [5.41, 5.74) is 2.26. The molecule has 5 atom stereocenters. The summed E-state index contributed by atoms with van der Waals surface area (Å²) < 4.78 is 54.8. The summed E-state index contributed by atoms with van der Waals surface area (Å²) in [7, 11) is 1.63. The molecule has 0 N–H and O–H groups in total. The highest BCUT2D eigenvalue weighted by Gasteiger charge is 2.54. The van der Waals surface area contributed by atoms with Crippen LogP contribution in [0, 0.1) is 29.3 Å². The highest BCUT2D eigenvalue weighted by Crippen LogP contribution is 2.49. The number of pyridine rings is 1. The maximum absolute atomic E-state index is 14.2. The van der Waals surface area contributed by atoms with Crippen LogP contribution in [0.1, 0.15) is 30.1 Å². The van der Waals surface area contributed by atoms with Gasteiger partial charge in [-0.05, 0) is 47.9 Å². The molecule has 0 saturated carbocycles. The lowest BCUT2D eigenvalue weighted by Gasteiger charge is -2.58. The lowest BCUT2D eigenvalue weighted by atomic mass is 9.71. The predicted octanol–water partition coefficient (Wildman–Crippen LogP) is 6.52. The number of nitrogens with zero attached hydrogens (tertiary/aromatic N) is 2. The molecule has 0 aliphatic carbocycles. The summed E-state index contributed by atoms with van der Waals surface area (Å²) in [5.74, 6) is -2.31. The largest absolute Gasteiger partial charge is 0.497 e. The van der Waals surface area contributed by atoms with Gasteiger partial charge in [-0.1, -0.05) is 12.2 Å². The summed E-state index contributed by atoms with van der Waals surface area (Å²) in [5, 5.41) is 0.941. The quantitative estimate of drug-likeness (QED) is 0.187. The zero-order valence-electron chi connectivity index (χ0n) is 21.0. The van der Waals surface area contributed by atoms with Crippen molar-refractivity contribution in [1.82, 2.24) is 4.98 Å². The fraction of sp³-hybridized carbons (Fsp3) is 0.367. The van der Waals surface area contributed by atoms with E-state index in [1.54, 1.807) is 19.4 Å². The number of fused-ring (bicyclic) bond motifs is 4. The zero-order valence-corrected chi connectivity index (χ0v) is 21.0. The molecule has 3 saturated heterocycles. The second kappa shape index (κ2) is 10.3. The average Bonchev–Trinajstić information content (AvgIpc) is 2.91. The number of halogens is 3. The molecule has 194 valence electrons. The molecule has 0 amide bonds. The first kappa shape index (κ1) is 25.5. The number of methoxy groups -OCH3 is 1. The number of hydrogen-bond donors (Lipinski definition) is 0. The molecule has 1 aromatic heterocycles. The molecule has 0 spiro atoms. The van der Waals surface area contributed by atoms with Crippen molar-refractivity contribution in [3.8, 4) is 5.75 Å². The molecular weight excluding hydrogens is 477 g/mol. The Hall–Kier alpha value is -3.16. The minimum absolute atomic E-state index is 0.00266. The van der Waals surface area contributed by atoms with Crippen LogP contribution in [0.5, 0.6) is 5.75 Å². The first-order valence-electron chi connectivity index (χ1n) is 12.7. The van der Waals surface area contributed by atoms with E-state index in [2.05, 4.69) is 18.1 Å². The van der Waals surface area contributed by atoms with Crippen LogP contribution in [0.25, 0.3) is 10.9 Å². The van der Waals surface area contributed by atoms with Gasteiger partial charge in [-0.3, -0.25) is 4.98 Å². The van der Waals surface area contributed by atoms with E-state index in [1.807, 2.05) is 30.3 Å². The third-order valence-electron chi connectivity index (χ3n) is 8.25. The number of benzene rings is 2. The Bertz CT molecular complexity index is 1310. The molecule has 3 unspecified atom stereocenters. The van der Waals surface area contributed by atoms with Crippen LogP contribution in [-0.2, 0) is 11.3 Å². The third-order valence-corrected chi connectivity index (χ3v) is 8.25. The second-order valence-electron chi connectivity index (χ2n) is 10.2. The normalized spacial score (nSPS) is 25.7. The van der Waals surface area contributed by atoms with E-state index in [0.29, 0.717) is 29.1 Å². The third kappa shape index (κ3) is 4.66. The van der Waals surface area contributed by atoms with Crippen LogP contribution in [0.3, 0.4) is 0 Å². The Kier molecular flexibility index (Phi) is 7.10. The molecule has 7 heteroatoms. The Balaban J connectivity index is 1.63. The van der Waals surface area contributed by atoms with Gasteiger partial charge in [0.2, 0.25) is 0 Å². The molecule has 4 heterocycles. The van der Waals surface area contributed by atoms with E-state index in [9.17, 15) is 13.2 Å². The number of aromatic nitrogens is 1. The van der Waals surface area contributed by atoms with Crippen molar-refractivity contribution < 1.29 is 27.1 Å². The van der Waals surface area contributed by atoms with Crippen molar-refractivity contribution in [2.24, 2.45) is 11.8 Å². The van der Waals surface area contributed by atoms with Gasteiger partial charge < -0.3 is 14.0 Å². The van der Waals surface area contributed by atoms with Crippen LogP contribution < -0.4 is 4.74 Å². The van der Waals surface area contributed by atoms with Crippen LogP contribution >= 0.6 is 0 Å². The lowest BCUT2D eigenvalue weighted by molar-refractivity contribution is -0.985. The summed E-state index contributed by atoms with van der Waals surface area (Å²) in [4.78, 5) is 4.54. The topological polar surface area (TPSA) is 31.4 Å². The summed E-state index contributed by atoms with van der Waals surface area (Å²) >= 11 is 0. The molecule has 3 aromatic rings. The number of quaternary nitrogens is 1. The molecule has 0 radical (unpaired) electrons. The fourth-order valence-electron chi connectivity index (χ4n) is 6.53. The molecule has 6 rings (SSSR count). The highest BCUT2D eigenvalue weighted by atomic mass is 19.2. The van der Waals surface area contributed by atoms with Crippen molar-refractivity contribution in [3.05, 3.63) is 96.5 Å². The molecule has 2 aromatic carbocycles. The van der Waals surface area contributed by atoms with E-state index in [4.69, 9.17) is 9.47 Å². The first-order chi connectivity index (χ1) is 17.9. The fourth-order valence-corrected chi connectivity index (χ4v) is 6.53. The predicted molar refractivity (Wildman–Crippen MR) is 137 cm³/mol. The van der Waals surface area contributed by atoms with Gasteiger partial charge in [0.25, 0.3) is 0 Å². The Labute approximate surface area is 215 Å². The van der Waals surface area contributed by atoms with E-state index in [1.165, 1.54) is 0 Å². The SMILES string of the molecule is C=CCO[C@@H](c1ccnc2ccc(OC)cc12)[C@H]1CC2CC[N+]1(Cc1cc(F)c(F)c(F)c1)CC2C=C. The Morgan fingerprint density at radius 2 is 1.92 bits per heavy atom. The molecule has 3 fully saturated rings. The van der Waals surface area contributed by atoms with Gasteiger partial charge in [0.15, 0.2) is 17.5 Å². The smallest absolute Gasteiger partial charge is 0.194 e. The van der Waals surface area contributed by atoms with E-state index < -0.39 is 17.5 Å². The van der Waals surface area contributed by atoms with Crippen molar-refractivity contribution in [2.45, 2.75) is 31.5 Å². The molecule has 4 nitrogen and oxygen atoms in total. The minimum atomic E-state index is -1.44. The number of piperidine rings is 3. The maximum atomic E-state index is 14.2. The van der Waals surface area contributed by atoms with Crippen molar-refractivity contribution in [1.29, 1.82) is 0 Å². The minimum Gasteiger partial charge on any atom is -0.497 e. The zero-order chi connectivity index (χ0) is 26.2. The maximum Gasteiger partial charge on any atom is 0.194 e. The van der Waals surface area contributed by atoms with Crippen LogP contribution in [0.2, 0.25) is 0 Å². The van der Waals surface area contributed by atoms with Gasteiger partial charge in [-0.25, -0.2) is 13.2 Å². The van der Waals surface area contributed by atoms with Gasteiger partial charge in [0, 0.05) is 35.9 Å². The number of rotatable bonds is 9. The molecule has 3 aliphatic heterocycles. The molecule has 3 aliphatic rings. The first-order valence-corrected chi connectivity index (χ1v) is 12.7. The van der Waals surface area contributed by atoms with Gasteiger partial charge in [-0.2, -0.15) is 0 Å². The average molecular weight is 510 g/mol. The van der Waals surface area contributed by atoms with Gasteiger partial charge in [0.1, 0.15) is 24.4 Å². The second-order valence-corrected chi connectivity index (χ2v) is 10.2. The summed E-state index contributed by atoms with van der Waals surface area (Å²) in [6, 6.07) is 10.0. The molecule has 2 bridgehead atoms. The van der Waals surface area contributed by atoms with Crippen LogP contribution in [0.15, 0.2) is 67.9 Å². The monoisotopic (exact) mass is 509 g/mol. The molecular formula is C30H32F3N2O2+. The summed E-state index contributed by atoms with van der Waals surface area (Å²) in [6.45, 7) is 10.3. The van der Waals surface area contributed by atoms with Gasteiger partial charge in [-0.15, -0.1) is 13.2 Å². The Morgan fingerprint density at radius 1 is 1.14 bits per heavy atom. The van der Waals surface area contributed by atoms with Crippen molar-refractivity contribution in [2.75, 3.05) is 26.8 Å². The van der Waals surface area contributed by atoms with Gasteiger partial charge in [0.05, 0.1) is 32.3 Å². The molecule has 37 heavy (non-hydrogen) atoms. The van der Waals surface area contributed by atoms with Crippen LogP contribution in [0.4, 0.5) is 13.2 Å². The summed E-state index contributed by atoms with van der Waals surface area (Å²) in [6.07, 6.45) is 7.06. The standard InChI is InChI=1S/C30H32F3N2O2/c1-4-12-37-30(23-8-10-34-27-7-6-22(36-3)16-24(23)27)28-15-21-9-11-35(28,18-20(21)5-2)17-19-13-25(31)29(33)26(32)14-19/h4-8,10,13-14,16,20-21,28,30H,1-2,9,11-12,15,17-18H2,3H3/q+1/t20?,21?,28-,30+,35?/m1/s1. The van der Waals surface area contributed by atoms with E-state index in [-0.39, 0.29) is 18.1 Å². The highest BCUT2D eigenvalue weighted by molar-refractivity contribution is 5.84.